The van der Waals surface area contributed by atoms with Crippen molar-refractivity contribution in [3.05, 3.63) is 30.3 Å². The molecular formula is C17H35CoNaO9P3+6. The fourth-order valence-corrected chi connectivity index (χ4v) is 2.55. The van der Waals surface area contributed by atoms with Gasteiger partial charge in [-0.2, -0.15) is 18.2 Å². The van der Waals surface area contributed by atoms with E-state index in [1.54, 1.807) is 41.5 Å². The third-order valence-corrected chi connectivity index (χ3v) is 4.78. The normalized spacial score (nSPS) is 8.45. The molecule has 1 aromatic carbocycles. The van der Waals surface area contributed by atoms with Crippen LogP contribution in [-0.2, 0) is 57.6 Å². The zero-order valence-electron chi connectivity index (χ0n) is 19.5. The third kappa shape index (κ3) is 45.2. The molecule has 176 valence electrons. The third-order valence-electron chi connectivity index (χ3n) is 1.96. The molecule has 14 heteroatoms. The Hall–Kier alpha value is 0.916. The first-order valence-corrected chi connectivity index (χ1v) is 12.6. The molecule has 0 saturated carbocycles. The fraction of sp³-hybridized carbons (Fsp3) is 0.706. The summed E-state index contributed by atoms with van der Waals surface area (Å²) in [6, 6.07) is 10.0. The van der Waals surface area contributed by atoms with E-state index in [9.17, 15) is 13.7 Å². The maximum atomic E-state index is 10.3. The molecule has 0 heterocycles. The van der Waals surface area contributed by atoms with Crippen LogP contribution in [-0.4, -0.2) is 39.6 Å². The van der Waals surface area contributed by atoms with Gasteiger partial charge in [0.2, 0.25) is 0 Å². The molecule has 0 unspecified atom stereocenters. The summed E-state index contributed by atoms with van der Waals surface area (Å²) in [6.45, 7) is 13.3. The summed E-state index contributed by atoms with van der Waals surface area (Å²) in [5.74, 6) is 0. The first kappa shape index (κ1) is 42.1. The molecule has 0 aliphatic carbocycles. The summed E-state index contributed by atoms with van der Waals surface area (Å²) in [6.07, 6.45) is 0. The van der Waals surface area contributed by atoms with E-state index >= 15 is 0 Å². The van der Waals surface area contributed by atoms with E-state index in [0.29, 0.717) is 39.6 Å². The number of hydrogen-bond acceptors (Lipinski definition) is 9. The van der Waals surface area contributed by atoms with Gasteiger partial charge < -0.3 is 0 Å². The minimum atomic E-state index is -1.83. The number of rotatable bonds is 12. The summed E-state index contributed by atoms with van der Waals surface area (Å²) in [5, 5.41) is 0. The van der Waals surface area contributed by atoms with Crippen LogP contribution < -0.4 is 29.6 Å². The van der Waals surface area contributed by atoms with E-state index < -0.39 is 24.8 Å². The molecule has 0 bridgehead atoms. The number of hydrogen-bond donors (Lipinski definition) is 0. The largest absolute Gasteiger partial charge is 3.00 e. The van der Waals surface area contributed by atoms with Gasteiger partial charge in [0, 0.05) is 13.7 Å². The smallest absolute Gasteiger partial charge is 0.214 e. The minimum absolute atomic E-state index is 0. The molecule has 9 nitrogen and oxygen atoms in total. The van der Waals surface area contributed by atoms with Gasteiger partial charge in [-0.1, -0.05) is 0 Å². The second-order valence-electron chi connectivity index (χ2n) is 4.14. The first-order chi connectivity index (χ1) is 13.9. The van der Waals surface area contributed by atoms with Crippen molar-refractivity contribution in [2.45, 2.75) is 41.5 Å². The average Bonchev–Trinajstić information content (AvgIpc) is 3.24. The Labute approximate surface area is 222 Å². The van der Waals surface area contributed by atoms with Crippen molar-refractivity contribution in [3.63, 3.8) is 0 Å². The standard InChI is InChI=1S/C5H5.3C4H10O3P.Co.Na/c1-2-4-5-3-1;3*1-3-6-8(5)7-4-2;;/h1-5H;3*3-4H2,1-2H3;;/q-1;3*+1;+3;+1. The monoisotopic (exact) mass is 558 g/mol. The Kier molecular flexibility index (Phi) is 51.9. The Morgan fingerprint density at radius 2 is 0.742 bits per heavy atom. The van der Waals surface area contributed by atoms with Crippen molar-refractivity contribution < 1.29 is 87.2 Å². The molecule has 0 saturated heterocycles. The average molecular weight is 558 g/mol. The molecule has 0 amide bonds. The molecule has 1 aromatic rings. The van der Waals surface area contributed by atoms with Gasteiger partial charge in [0.05, 0.1) is 0 Å². The van der Waals surface area contributed by atoms with E-state index in [2.05, 4.69) is 27.1 Å². The van der Waals surface area contributed by atoms with E-state index in [1.165, 1.54) is 0 Å². The van der Waals surface area contributed by atoms with Gasteiger partial charge in [-0.05, 0) is 41.5 Å². The SMILES string of the molecule is CCO[P+](=O)OCC.CCO[P+](=O)OCC.CCO[P+](=O)OCC.[Co+3].[Na+].c1cc[cH-]c1. The molecule has 0 N–H and O–H groups in total. The predicted octanol–water partition coefficient (Wildman–Crippen LogP) is 3.56. The van der Waals surface area contributed by atoms with Crippen LogP contribution in [0.15, 0.2) is 30.3 Å². The summed E-state index contributed by atoms with van der Waals surface area (Å²) in [5.41, 5.74) is 0. The van der Waals surface area contributed by atoms with Crippen LogP contribution in [0.25, 0.3) is 0 Å². The van der Waals surface area contributed by atoms with Crippen molar-refractivity contribution >= 4 is 24.8 Å². The second kappa shape index (κ2) is 38.2. The van der Waals surface area contributed by atoms with Gasteiger partial charge in [-0.15, -0.1) is 27.1 Å². The fourth-order valence-electron chi connectivity index (χ4n) is 1.07. The molecule has 0 aliphatic heterocycles. The Bertz CT molecular complexity index is 395. The Balaban J connectivity index is -0.0000000958. The van der Waals surface area contributed by atoms with Crippen molar-refractivity contribution in [3.8, 4) is 0 Å². The molecule has 0 spiro atoms. The maximum absolute atomic E-state index is 10.3. The zero-order chi connectivity index (χ0) is 22.8. The molecule has 0 atom stereocenters. The summed E-state index contributed by atoms with van der Waals surface area (Å²) in [4.78, 5) is 0. The van der Waals surface area contributed by atoms with Crippen molar-refractivity contribution in [1.82, 2.24) is 0 Å². The summed E-state index contributed by atoms with van der Waals surface area (Å²) < 4.78 is 58.5. The van der Waals surface area contributed by atoms with Crippen LogP contribution in [0.2, 0.25) is 0 Å². The summed E-state index contributed by atoms with van der Waals surface area (Å²) in [7, 11) is -5.49. The topological polar surface area (TPSA) is 107 Å². The van der Waals surface area contributed by atoms with E-state index in [-0.39, 0.29) is 46.3 Å². The molecule has 0 radical (unpaired) electrons. The van der Waals surface area contributed by atoms with Gasteiger partial charge >= 0.3 is 71.1 Å². The zero-order valence-corrected chi connectivity index (χ0v) is 25.2. The quantitative estimate of drug-likeness (QED) is 0.216. The molecular weight excluding hydrogens is 523 g/mol. The van der Waals surface area contributed by atoms with Crippen LogP contribution in [0.1, 0.15) is 41.5 Å². The Morgan fingerprint density at radius 3 is 0.839 bits per heavy atom. The molecule has 0 aromatic heterocycles. The van der Waals surface area contributed by atoms with Gasteiger partial charge in [0.1, 0.15) is 39.6 Å². The van der Waals surface area contributed by atoms with E-state index in [1.807, 2.05) is 30.3 Å². The van der Waals surface area contributed by atoms with Crippen molar-refractivity contribution in [2.24, 2.45) is 0 Å². The predicted molar refractivity (Wildman–Crippen MR) is 115 cm³/mol. The first-order valence-electron chi connectivity index (χ1n) is 9.28. The Morgan fingerprint density at radius 1 is 0.548 bits per heavy atom. The van der Waals surface area contributed by atoms with Gasteiger partial charge in [0.15, 0.2) is 0 Å². The van der Waals surface area contributed by atoms with E-state index in [0.717, 1.165) is 0 Å². The van der Waals surface area contributed by atoms with Crippen molar-refractivity contribution in [2.75, 3.05) is 39.6 Å². The second-order valence-corrected chi connectivity index (χ2v) is 7.03. The van der Waals surface area contributed by atoms with Crippen LogP contribution in [0.3, 0.4) is 0 Å². The minimum Gasteiger partial charge on any atom is -0.214 e. The van der Waals surface area contributed by atoms with Crippen LogP contribution >= 0.6 is 24.8 Å². The molecule has 0 aliphatic rings. The molecule has 1 rings (SSSR count). The van der Waals surface area contributed by atoms with Gasteiger partial charge in [0.25, 0.3) is 0 Å². The van der Waals surface area contributed by atoms with Gasteiger partial charge in [-0.3, -0.25) is 0 Å². The summed E-state index contributed by atoms with van der Waals surface area (Å²) >= 11 is 0. The van der Waals surface area contributed by atoms with Crippen LogP contribution in [0.5, 0.6) is 0 Å². The van der Waals surface area contributed by atoms with E-state index in [4.69, 9.17) is 0 Å². The van der Waals surface area contributed by atoms with Crippen LogP contribution in [0, 0.1) is 0 Å². The van der Waals surface area contributed by atoms with Crippen molar-refractivity contribution in [1.29, 1.82) is 0 Å². The van der Waals surface area contributed by atoms with Gasteiger partial charge in [-0.25, -0.2) is 12.1 Å². The maximum Gasteiger partial charge on any atom is 3.00 e. The molecule has 0 fully saturated rings. The van der Waals surface area contributed by atoms with Crippen LogP contribution in [0.4, 0.5) is 0 Å². The molecule has 31 heavy (non-hydrogen) atoms.